The minimum Gasteiger partial charge on any atom is -0.341 e. The molecule has 1 aliphatic heterocycles. The zero-order chi connectivity index (χ0) is 11.1. The maximum Gasteiger partial charge on any atom is 0.223 e. The topological polar surface area (TPSA) is 46.3 Å². The molecule has 1 heterocycles. The predicted molar refractivity (Wildman–Crippen MR) is 66.0 cm³/mol. The summed E-state index contributed by atoms with van der Waals surface area (Å²) in [6.45, 7) is 3.79. The van der Waals surface area contributed by atoms with Crippen LogP contribution in [0.1, 0.15) is 32.6 Å². The molecule has 0 aliphatic carbocycles. The predicted octanol–water partition coefficient (Wildman–Crippen LogP) is 1.47. The molecule has 1 aliphatic rings. The van der Waals surface area contributed by atoms with E-state index in [0.717, 1.165) is 43.9 Å². The summed E-state index contributed by atoms with van der Waals surface area (Å²) in [6.07, 6.45) is 4.01. The molecule has 3 nitrogen and oxygen atoms in total. The number of rotatable bonds is 4. The van der Waals surface area contributed by atoms with Gasteiger partial charge in [0.2, 0.25) is 5.91 Å². The van der Waals surface area contributed by atoms with Gasteiger partial charge in [-0.3, -0.25) is 4.79 Å². The number of nitrogens with two attached hydrogens (primary N) is 1. The molecule has 0 aromatic carbocycles. The number of thioether (sulfide) groups is 1. The van der Waals surface area contributed by atoms with Crippen LogP contribution in [0, 0.1) is 0 Å². The lowest BCUT2D eigenvalue weighted by Crippen LogP contribution is -2.39. The largest absolute Gasteiger partial charge is 0.341 e. The van der Waals surface area contributed by atoms with Crippen LogP contribution < -0.4 is 5.73 Å². The maximum absolute atomic E-state index is 11.8. The lowest BCUT2D eigenvalue weighted by atomic mass is 10.2. The number of nitrogens with zero attached hydrogens (tertiary/aromatic N) is 1. The zero-order valence-electron chi connectivity index (χ0n) is 9.58. The molecule has 1 unspecified atom stereocenters. The van der Waals surface area contributed by atoms with Crippen molar-refractivity contribution < 1.29 is 4.79 Å². The van der Waals surface area contributed by atoms with Gasteiger partial charge in [0, 0.05) is 31.3 Å². The van der Waals surface area contributed by atoms with Gasteiger partial charge in [-0.2, -0.15) is 11.8 Å². The normalized spacial score (nSPS) is 22.5. The highest BCUT2D eigenvalue weighted by molar-refractivity contribution is 7.99. The molecule has 15 heavy (non-hydrogen) atoms. The first-order chi connectivity index (χ1) is 7.24. The summed E-state index contributed by atoms with van der Waals surface area (Å²) in [5, 5.41) is 0. The highest BCUT2D eigenvalue weighted by Crippen LogP contribution is 2.11. The van der Waals surface area contributed by atoms with Crippen LogP contribution in [-0.4, -0.2) is 41.4 Å². The van der Waals surface area contributed by atoms with E-state index in [1.165, 1.54) is 0 Å². The van der Waals surface area contributed by atoms with Crippen LogP contribution in [0.15, 0.2) is 0 Å². The van der Waals surface area contributed by atoms with Gasteiger partial charge in [-0.05, 0) is 18.6 Å². The summed E-state index contributed by atoms with van der Waals surface area (Å²) in [5.74, 6) is 2.32. The second-order valence-electron chi connectivity index (χ2n) is 4.04. The fourth-order valence-corrected chi connectivity index (χ4v) is 2.47. The third-order valence-corrected chi connectivity index (χ3v) is 3.63. The van der Waals surface area contributed by atoms with Crippen LogP contribution >= 0.6 is 11.8 Å². The SMILES string of the molecule is CCSCCC(=O)N1CCCCC(N)C1. The smallest absolute Gasteiger partial charge is 0.223 e. The Labute approximate surface area is 96.8 Å². The fraction of sp³-hybridized carbons (Fsp3) is 0.909. The molecular weight excluding hydrogens is 208 g/mol. The van der Waals surface area contributed by atoms with Crippen molar-refractivity contribution >= 4 is 17.7 Å². The van der Waals surface area contributed by atoms with Crippen molar-refractivity contribution in [1.82, 2.24) is 4.90 Å². The molecule has 1 amide bonds. The number of amides is 1. The summed E-state index contributed by atoms with van der Waals surface area (Å²) in [4.78, 5) is 13.8. The Morgan fingerprint density at radius 2 is 2.33 bits per heavy atom. The highest BCUT2D eigenvalue weighted by Gasteiger charge is 2.18. The van der Waals surface area contributed by atoms with Gasteiger partial charge < -0.3 is 10.6 Å². The summed E-state index contributed by atoms with van der Waals surface area (Å²) in [7, 11) is 0. The number of hydrogen-bond donors (Lipinski definition) is 1. The Kier molecular flexibility index (Phi) is 6.10. The van der Waals surface area contributed by atoms with Crippen LogP contribution in [0.5, 0.6) is 0 Å². The van der Waals surface area contributed by atoms with Crippen LogP contribution in [0.3, 0.4) is 0 Å². The van der Waals surface area contributed by atoms with Crippen molar-refractivity contribution in [2.75, 3.05) is 24.6 Å². The summed E-state index contributed by atoms with van der Waals surface area (Å²) in [5.41, 5.74) is 5.92. The first kappa shape index (κ1) is 12.8. The molecular formula is C11H22N2OS. The van der Waals surface area contributed by atoms with E-state index >= 15 is 0 Å². The van der Waals surface area contributed by atoms with E-state index in [1.807, 2.05) is 16.7 Å². The van der Waals surface area contributed by atoms with Crippen molar-refractivity contribution in [3.8, 4) is 0 Å². The van der Waals surface area contributed by atoms with E-state index in [0.29, 0.717) is 6.42 Å². The van der Waals surface area contributed by atoms with Crippen molar-refractivity contribution in [3.63, 3.8) is 0 Å². The standard InChI is InChI=1S/C11H22N2OS/c1-2-15-8-6-11(14)13-7-4-3-5-10(12)9-13/h10H,2-9,12H2,1H3. The first-order valence-corrected chi connectivity index (χ1v) is 7.00. The number of likely N-dealkylation sites (tertiary alicyclic amines) is 1. The molecule has 0 radical (unpaired) electrons. The van der Waals surface area contributed by atoms with Crippen molar-refractivity contribution in [2.45, 2.75) is 38.6 Å². The molecule has 1 fully saturated rings. The summed E-state index contributed by atoms with van der Waals surface area (Å²) < 4.78 is 0. The lowest BCUT2D eigenvalue weighted by molar-refractivity contribution is -0.130. The van der Waals surface area contributed by atoms with Crippen LogP contribution in [0.4, 0.5) is 0 Å². The molecule has 2 N–H and O–H groups in total. The number of carbonyl (C=O) groups is 1. The van der Waals surface area contributed by atoms with E-state index in [-0.39, 0.29) is 11.9 Å². The van der Waals surface area contributed by atoms with E-state index in [9.17, 15) is 4.79 Å². The molecule has 0 aromatic rings. The molecule has 1 saturated heterocycles. The zero-order valence-corrected chi connectivity index (χ0v) is 10.4. The van der Waals surface area contributed by atoms with Crippen LogP contribution in [-0.2, 0) is 4.79 Å². The van der Waals surface area contributed by atoms with Gasteiger partial charge in [0.25, 0.3) is 0 Å². The third-order valence-electron chi connectivity index (χ3n) is 2.72. The Balaban J connectivity index is 2.29. The van der Waals surface area contributed by atoms with Gasteiger partial charge in [-0.25, -0.2) is 0 Å². The Morgan fingerprint density at radius 1 is 1.53 bits per heavy atom. The summed E-state index contributed by atoms with van der Waals surface area (Å²) in [6, 6.07) is 0.190. The van der Waals surface area contributed by atoms with Gasteiger partial charge in [-0.1, -0.05) is 13.3 Å². The average molecular weight is 230 g/mol. The van der Waals surface area contributed by atoms with Gasteiger partial charge in [-0.15, -0.1) is 0 Å². The highest BCUT2D eigenvalue weighted by atomic mass is 32.2. The van der Waals surface area contributed by atoms with Crippen LogP contribution in [0.2, 0.25) is 0 Å². The average Bonchev–Trinajstić information content (AvgIpc) is 2.43. The van der Waals surface area contributed by atoms with Crippen molar-refractivity contribution in [3.05, 3.63) is 0 Å². The molecule has 0 aromatic heterocycles. The number of carbonyl (C=O) groups excluding carboxylic acids is 1. The minimum atomic E-state index is 0.190. The Bertz CT molecular complexity index is 199. The molecule has 0 spiro atoms. The van der Waals surface area contributed by atoms with Gasteiger partial charge in [0.15, 0.2) is 0 Å². The Morgan fingerprint density at radius 3 is 3.07 bits per heavy atom. The minimum absolute atomic E-state index is 0.190. The first-order valence-electron chi connectivity index (χ1n) is 5.85. The van der Waals surface area contributed by atoms with Crippen molar-refractivity contribution in [2.24, 2.45) is 5.73 Å². The third kappa shape index (κ3) is 4.89. The fourth-order valence-electron chi connectivity index (χ4n) is 1.86. The monoisotopic (exact) mass is 230 g/mol. The van der Waals surface area contributed by atoms with Gasteiger partial charge >= 0.3 is 0 Å². The molecule has 1 rings (SSSR count). The van der Waals surface area contributed by atoms with E-state index in [2.05, 4.69) is 6.92 Å². The van der Waals surface area contributed by atoms with Gasteiger partial charge in [0.05, 0.1) is 0 Å². The number of hydrogen-bond acceptors (Lipinski definition) is 3. The van der Waals surface area contributed by atoms with E-state index in [4.69, 9.17) is 5.73 Å². The Hall–Kier alpha value is -0.220. The quantitative estimate of drug-likeness (QED) is 0.744. The van der Waals surface area contributed by atoms with Gasteiger partial charge in [0.1, 0.15) is 0 Å². The molecule has 88 valence electrons. The van der Waals surface area contributed by atoms with Crippen molar-refractivity contribution in [1.29, 1.82) is 0 Å². The second kappa shape index (κ2) is 7.12. The maximum atomic E-state index is 11.8. The molecule has 1 atom stereocenters. The summed E-state index contributed by atoms with van der Waals surface area (Å²) >= 11 is 1.83. The van der Waals surface area contributed by atoms with E-state index in [1.54, 1.807) is 0 Å². The van der Waals surface area contributed by atoms with E-state index < -0.39 is 0 Å². The molecule has 0 bridgehead atoms. The lowest BCUT2D eigenvalue weighted by Gasteiger charge is -2.22. The molecule has 4 heteroatoms. The second-order valence-corrected chi connectivity index (χ2v) is 5.44. The van der Waals surface area contributed by atoms with Crippen LogP contribution in [0.25, 0.3) is 0 Å². The molecule has 0 saturated carbocycles.